The molecule has 0 saturated carbocycles. The van der Waals surface area contributed by atoms with E-state index >= 15 is 0 Å². The molecule has 0 aliphatic rings. The van der Waals surface area contributed by atoms with Crippen LogP contribution in [0.5, 0.6) is 0 Å². The summed E-state index contributed by atoms with van der Waals surface area (Å²) in [6, 6.07) is 14.2. The molecule has 0 aliphatic heterocycles. The predicted molar refractivity (Wildman–Crippen MR) is 89.2 cm³/mol. The second-order valence-corrected chi connectivity index (χ2v) is 7.01. The average Bonchev–Trinajstić information content (AvgIpc) is 2.52. The van der Waals surface area contributed by atoms with Crippen molar-refractivity contribution in [3.8, 4) is 0 Å². The summed E-state index contributed by atoms with van der Waals surface area (Å²) in [4.78, 5) is 11.9. The number of nitrogens with one attached hydrogen (secondary N) is 1. The molecule has 6 heteroatoms. The fraction of sp³-hybridized carbons (Fsp3) is 0.235. The maximum absolute atomic E-state index is 11.9. The van der Waals surface area contributed by atoms with Crippen LogP contribution in [0.1, 0.15) is 23.1 Å². The predicted octanol–water partition coefficient (Wildman–Crippen LogP) is 1.89. The second-order valence-electron chi connectivity index (χ2n) is 5.45. The third-order valence-electron chi connectivity index (χ3n) is 3.50. The Morgan fingerprint density at radius 1 is 1.00 bits per heavy atom. The third-order valence-corrected chi connectivity index (χ3v) is 4.43. The van der Waals surface area contributed by atoms with Gasteiger partial charge in [0.1, 0.15) is 0 Å². The Morgan fingerprint density at radius 3 is 2.13 bits per heavy atom. The van der Waals surface area contributed by atoms with Crippen LogP contribution in [-0.4, -0.2) is 14.3 Å². The first kappa shape index (κ1) is 17.2. The van der Waals surface area contributed by atoms with Crippen LogP contribution in [0.25, 0.3) is 0 Å². The van der Waals surface area contributed by atoms with Crippen LogP contribution in [0.2, 0.25) is 0 Å². The van der Waals surface area contributed by atoms with E-state index in [2.05, 4.69) is 5.32 Å². The van der Waals surface area contributed by atoms with E-state index in [0.717, 1.165) is 11.1 Å². The largest absolute Gasteiger partial charge is 0.352 e. The van der Waals surface area contributed by atoms with E-state index in [1.165, 1.54) is 17.7 Å². The van der Waals surface area contributed by atoms with Gasteiger partial charge in [-0.3, -0.25) is 4.79 Å². The smallest absolute Gasteiger partial charge is 0.238 e. The summed E-state index contributed by atoms with van der Waals surface area (Å²) in [5, 5.41) is 7.91. The number of rotatable bonds is 6. The standard InChI is InChI=1S/C17H20N2O3S/c1-13-2-4-15(5-3-13)12-19-17(20)11-8-14-6-9-16(10-7-14)23(18,21)22/h2-7,9-10H,8,11-12H2,1H3,(H,19,20)(H2,18,21,22). The number of hydrogen-bond acceptors (Lipinski definition) is 3. The molecule has 23 heavy (non-hydrogen) atoms. The maximum atomic E-state index is 11.9. The molecule has 0 heterocycles. The highest BCUT2D eigenvalue weighted by atomic mass is 32.2. The molecule has 0 unspecified atom stereocenters. The molecule has 3 N–H and O–H groups in total. The zero-order valence-electron chi connectivity index (χ0n) is 13.0. The van der Waals surface area contributed by atoms with Crippen molar-refractivity contribution in [2.24, 2.45) is 5.14 Å². The molecule has 0 radical (unpaired) electrons. The van der Waals surface area contributed by atoms with Gasteiger partial charge in [-0.2, -0.15) is 0 Å². The number of primary sulfonamides is 1. The molecular formula is C17H20N2O3S. The lowest BCUT2D eigenvalue weighted by molar-refractivity contribution is -0.121. The summed E-state index contributed by atoms with van der Waals surface area (Å²) >= 11 is 0. The van der Waals surface area contributed by atoms with Crippen LogP contribution in [0.15, 0.2) is 53.4 Å². The average molecular weight is 332 g/mol. The Bertz CT molecular complexity index is 766. The highest BCUT2D eigenvalue weighted by molar-refractivity contribution is 7.89. The van der Waals surface area contributed by atoms with Crippen molar-refractivity contribution in [3.63, 3.8) is 0 Å². The highest BCUT2D eigenvalue weighted by Crippen LogP contribution is 2.10. The second kappa shape index (κ2) is 7.39. The first-order chi connectivity index (χ1) is 10.8. The Balaban J connectivity index is 1.81. The molecule has 1 amide bonds. The van der Waals surface area contributed by atoms with Gasteiger partial charge in [-0.15, -0.1) is 0 Å². The van der Waals surface area contributed by atoms with Gasteiger partial charge in [0.2, 0.25) is 15.9 Å². The SMILES string of the molecule is Cc1ccc(CNC(=O)CCc2ccc(S(N)(=O)=O)cc2)cc1. The van der Waals surface area contributed by atoms with Crippen LogP contribution in [0.4, 0.5) is 0 Å². The zero-order chi connectivity index (χ0) is 16.9. The van der Waals surface area contributed by atoms with Crippen molar-refractivity contribution in [3.05, 3.63) is 65.2 Å². The molecule has 0 aliphatic carbocycles. The fourth-order valence-corrected chi connectivity index (χ4v) is 2.61. The lowest BCUT2D eigenvalue weighted by Gasteiger charge is -2.06. The molecule has 5 nitrogen and oxygen atoms in total. The van der Waals surface area contributed by atoms with E-state index in [4.69, 9.17) is 5.14 Å². The van der Waals surface area contributed by atoms with Crippen molar-refractivity contribution >= 4 is 15.9 Å². The van der Waals surface area contributed by atoms with E-state index < -0.39 is 10.0 Å². The summed E-state index contributed by atoms with van der Waals surface area (Å²) in [6.45, 7) is 2.52. The number of carbonyl (C=O) groups is 1. The van der Waals surface area contributed by atoms with Gasteiger partial charge in [-0.1, -0.05) is 42.0 Å². The van der Waals surface area contributed by atoms with Gasteiger partial charge >= 0.3 is 0 Å². The van der Waals surface area contributed by atoms with Gasteiger partial charge in [-0.25, -0.2) is 13.6 Å². The van der Waals surface area contributed by atoms with Crippen LogP contribution < -0.4 is 10.5 Å². The van der Waals surface area contributed by atoms with Crippen LogP contribution in [0.3, 0.4) is 0 Å². The number of nitrogens with two attached hydrogens (primary N) is 1. The van der Waals surface area contributed by atoms with Crippen molar-refractivity contribution in [1.82, 2.24) is 5.32 Å². The third kappa shape index (κ3) is 5.50. The van der Waals surface area contributed by atoms with Crippen molar-refractivity contribution in [2.75, 3.05) is 0 Å². The van der Waals surface area contributed by atoms with Gasteiger partial charge in [0.25, 0.3) is 0 Å². The van der Waals surface area contributed by atoms with E-state index in [1.807, 2.05) is 31.2 Å². The molecule has 122 valence electrons. The highest BCUT2D eigenvalue weighted by Gasteiger charge is 2.07. The quantitative estimate of drug-likeness (QED) is 0.846. The summed E-state index contributed by atoms with van der Waals surface area (Å²) < 4.78 is 22.3. The molecule has 0 spiro atoms. The number of sulfonamides is 1. The monoisotopic (exact) mass is 332 g/mol. The van der Waals surface area contributed by atoms with Gasteiger partial charge in [0, 0.05) is 13.0 Å². The van der Waals surface area contributed by atoms with E-state index in [0.29, 0.717) is 19.4 Å². The Hall–Kier alpha value is -2.18. The van der Waals surface area contributed by atoms with Gasteiger partial charge < -0.3 is 5.32 Å². The lowest BCUT2D eigenvalue weighted by Crippen LogP contribution is -2.23. The molecule has 2 aromatic rings. The molecule has 0 fully saturated rings. The van der Waals surface area contributed by atoms with Crippen LogP contribution in [-0.2, 0) is 27.8 Å². The van der Waals surface area contributed by atoms with Gasteiger partial charge in [0.05, 0.1) is 4.90 Å². The van der Waals surface area contributed by atoms with Gasteiger partial charge in [-0.05, 0) is 36.6 Å². The zero-order valence-corrected chi connectivity index (χ0v) is 13.8. The molecular weight excluding hydrogens is 312 g/mol. The van der Waals surface area contributed by atoms with E-state index in [9.17, 15) is 13.2 Å². The van der Waals surface area contributed by atoms with E-state index in [1.54, 1.807) is 12.1 Å². The first-order valence-electron chi connectivity index (χ1n) is 7.28. The Morgan fingerprint density at radius 2 is 1.57 bits per heavy atom. The van der Waals surface area contributed by atoms with Crippen molar-refractivity contribution in [1.29, 1.82) is 0 Å². The number of aryl methyl sites for hydroxylation is 2. The minimum atomic E-state index is -3.67. The Labute approximate surface area is 136 Å². The van der Waals surface area contributed by atoms with Crippen LogP contribution >= 0.6 is 0 Å². The van der Waals surface area contributed by atoms with Crippen LogP contribution in [0, 0.1) is 6.92 Å². The molecule has 0 aromatic heterocycles. The van der Waals surface area contributed by atoms with Gasteiger partial charge in [0.15, 0.2) is 0 Å². The normalized spacial score (nSPS) is 11.2. The first-order valence-corrected chi connectivity index (χ1v) is 8.83. The number of hydrogen-bond donors (Lipinski definition) is 2. The fourth-order valence-electron chi connectivity index (χ4n) is 2.10. The number of carbonyl (C=O) groups excluding carboxylic acids is 1. The molecule has 2 rings (SSSR count). The summed E-state index contributed by atoms with van der Waals surface area (Å²) in [5.74, 6) is -0.0407. The van der Waals surface area contributed by atoms with Crippen molar-refractivity contribution in [2.45, 2.75) is 31.2 Å². The van der Waals surface area contributed by atoms with Crippen molar-refractivity contribution < 1.29 is 13.2 Å². The number of amides is 1. The summed E-state index contributed by atoms with van der Waals surface area (Å²) in [5.41, 5.74) is 3.13. The maximum Gasteiger partial charge on any atom is 0.238 e. The molecule has 2 aromatic carbocycles. The minimum absolute atomic E-state index is 0.0407. The Kier molecular flexibility index (Phi) is 5.52. The summed E-state index contributed by atoms with van der Waals surface area (Å²) in [7, 11) is -3.67. The van der Waals surface area contributed by atoms with E-state index in [-0.39, 0.29) is 10.8 Å². The topological polar surface area (TPSA) is 89.3 Å². The number of benzene rings is 2. The molecule has 0 bridgehead atoms. The molecule has 0 saturated heterocycles. The lowest BCUT2D eigenvalue weighted by atomic mass is 10.1. The molecule has 0 atom stereocenters. The minimum Gasteiger partial charge on any atom is -0.352 e. The summed E-state index contributed by atoms with van der Waals surface area (Å²) in [6.07, 6.45) is 0.894.